The van der Waals surface area contributed by atoms with Crippen molar-refractivity contribution in [1.29, 1.82) is 0 Å². The molecule has 0 spiro atoms. The molecule has 0 aliphatic rings. The van der Waals surface area contributed by atoms with Crippen LogP contribution in [0.25, 0.3) is 56.1 Å². The minimum atomic E-state index is -0.302. The van der Waals surface area contributed by atoms with Crippen molar-refractivity contribution in [3.63, 3.8) is 0 Å². The Hall–Kier alpha value is -4.92. The Morgan fingerprint density at radius 2 is 1.68 bits per heavy atom. The van der Waals surface area contributed by atoms with Crippen LogP contribution in [-0.2, 0) is 0 Å². The summed E-state index contributed by atoms with van der Waals surface area (Å²) in [6.45, 7) is 10.5. The van der Waals surface area contributed by atoms with E-state index < -0.39 is 0 Å². The summed E-state index contributed by atoms with van der Waals surface area (Å²) >= 11 is 0. The second-order valence-electron chi connectivity index (χ2n) is 10.1. The summed E-state index contributed by atoms with van der Waals surface area (Å²) in [6.07, 6.45) is 5.24. The van der Waals surface area contributed by atoms with E-state index in [1.54, 1.807) is 30.7 Å². The molecule has 0 saturated carbocycles. The number of benzene rings is 1. The number of nitrogens with zero attached hydrogens (tertiary/aromatic N) is 5. The van der Waals surface area contributed by atoms with Crippen molar-refractivity contribution in [2.75, 3.05) is 5.32 Å². The first kappa shape index (κ1) is 23.5. The zero-order valence-electron chi connectivity index (χ0n) is 21.2. The van der Waals surface area contributed by atoms with Gasteiger partial charge in [0.15, 0.2) is 11.5 Å². The van der Waals surface area contributed by atoms with Crippen molar-refractivity contribution in [2.45, 2.75) is 20.8 Å². The van der Waals surface area contributed by atoms with Crippen LogP contribution in [0.3, 0.4) is 0 Å². The van der Waals surface area contributed by atoms with Crippen LogP contribution in [0.5, 0.6) is 0 Å². The van der Waals surface area contributed by atoms with Gasteiger partial charge in [0.25, 0.3) is 0 Å². The molecule has 6 rings (SSSR count). The number of anilines is 1. The Morgan fingerprint density at radius 3 is 2.47 bits per heavy atom. The van der Waals surface area contributed by atoms with Gasteiger partial charge in [0.1, 0.15) is 16.9 Å². The third-order valence-corrected chi connectivity index (χ3v) is 6.39. The highest BCUT2D eigenvalue weighted by molar-refractivity contribution is 5.95. The highest BCUT2D eigenvalue weighted by atomic mass is 19.1. The van der Waals surface area contributed by atoms with E-state index >= 15 is 0 Å². The fourth-order valence-corrected chi connectivity index (χ4v) is 4.10. The van der Waals surface area contributed by atoms with Gasteiger partial charge in [-0.2, -0.15) is 5.10 Å². The second-order valence-corrected chi connectivity index (χ2v) is 10.1. The molecule has 8 nitrogen and oxygen atoms in total. The van der Waals surface area contributed by atoms with E-state index in [9.17, 15) is 4.39 Å². The van der Waals surface area contributed by atoms with Gasteiger partial charge in [0, 0.05) is 34.6 Å². The number of nitrogens with one attached hydrogen (secondary N) is 3. The van der Waals surface area contributed by atoms with E-state index in [-0.39, 0.29) is 11.2 Å². The quantitative estimate of drug-likeness (QED) is 0.240. The average molecular weight is 505 g/mol. The Labute approximate surface area is 218 Å². The molecular formula is C29H25FN8. The molecule has 6 aromatic rings. The number of hydrogen-bond donors (Lipinski definition) is 3. The van der Waals surface area contributed by atoms with Gasteiger partial charge in [-0.15, -0.1) is 0 Å². The zero-order chi connectivity index (χ0) is 26.4. The minimum Gasteiger partial charge on any atom is -0.358 e. The number of rotatable bonds is 5. The van der Waals surface area contributed by atoms with Crippen molar-refractivity contribution in [1.82, 2.24) is 35.1 Å². The van der Waals surface area contributed by atoms with Crippen LogP contribution in [0, 0.1) is 11.2 Å². The largest absolute Gasteiger partial charge is 0.358 e. The van der Waals surface area contributed by atoms with Crippen LogP contribution in [0.1, 0.15) is 20.8 Å². The lowest BCUT2D eigenvalue weighted by molar-refractivity contribution is 0.509. The van der Waals surface area contributed by atoms with Crippen LogP contribution < -0.4 is 5.32 Å². The van der Waals surface area contributed by atoms with Crippen molar-refractivity contribution in [3.05, 3.63) is 85.2 Å². The van der Waals surface area contributed by atoms with E-state index in [2.05, 4.69) is 57.8 Å². The number of hydrogen-bond acceptors (Lipinski definition) is 6. The normalized spacial score (nSPS) is 11.8. The fraction of sp³-hybridized carbons (Fsp3) is 0.138. The van der Waals surface area contributed by atoms with Gasteiger partial charge in [0.2, 0.25) is 0 Å². The smallest absolute Gasteiger partial charge is 0.161 e. The summed E-state index contributed by atoms with van der Waals surface area (Å²) in [5.74, 6) is 0.256. The first-order valence-electron chi connectivity index (χ1n) is 12.1. The number of imidazole rings is 1. The molecule has 0 aliphatic heterocycles. The number of fused-ring (bicyclic) bond motifs is 2. The molecule has 38 heavy (non-hydrogen) atoms. The molecule has 3 N–H and O–H groups in total. The third kappa shape index (κ3) is 4.28. The van der Waals surface area contributed by atoms with Gasteiger partial charge < -0.3 is 10.3 Å². The maximum Gasteiger partial charge on any atom is 0.161 e. The Balaban J connectivity index is 1.39. The van der Waals surface area contributed by atoms with Crippen molar-refractivity contribution < 1.29 is 4.39 Å². The Kier molecular flexibility index (Phi) is 5.48. The number of aromatic nitrogens is 7. The van der Waals surface area contributed by atoms with E-state index in [1.807, 2.05) is 24.3 Å². The molecule has 9 heteroatoms. The molecule has 0 bridgehead atoms. The van der Waals surface area contributed by atoms with E-state index in [0.717, 1.165) is 39.2 Å². The number of pyridine rings is 3. The fourth-order valence-electron chi connectivity index (χ4n) is 4.10. The molecule has 5 aromatic heterocycles. The lowest BCUT2D eigenvalue weighted by atomic mass is 9.93. The van der Waals surface area contributed by atoms with Crippen molar-refractivity contribution >= 4 is 27.8 Å². The predicted molar refractivity (Wildman–Crippen MR) is 148 cm³/mol. The van der Waals surface area contributed by atoms with Gasteiger partial charge >= 0.3 is 0 Å². The van der Waals surface area contributed by atoms with Crippen LogP contribution in [0.15, 0.2) is 79.4 Å². The standard InChI is InChI=1S/C29H25FN8/c1-16(29(2,3)4)33-20-13-18(14-31-15-20)21-9-10-23-26(34-21)27(38-37-23)28-35-22-11-12-32-24(25(22)36-28)17-5-7-19(30)8-6-17/h5-15,33H,1H2,2-4H3,(H,35,36)(H,37,38). The molecule has 1 aromatic carbocycles. The monoisotopic (exact) mass is 504 g/mol. The highest BCUT2D eigenvalue weighted by Crippen LogP contribution is 2.32. The zero-order valence-corrected chi connectivity index (χ0v) is 21.2. The molecule has 0 fully saturated rings. The van der Waals surface area contributed by atoms with Crippen molar-refractivity contribution in [3.8, 4) is 34.0 Å². The van der Waals surface area contributed by atoms with Crippen LogP contribution in [0.4, 0.5) is 10.1 Å². The van der Waals surface area contributed by atoms with Crippen molar-refractivity contribution in [2.24, 2.45) is 5.41 Å². The van der Waals surface area contributed by atoms with E-state index in [0.29, 0.717) is 28.2 Å². The summed E-state index contributed by atoms with van der Waals surface area (Å²) in [4.78, 5) is 22.0. The van der Waals surface area contributed by atoms with Gasteiger partial charge in [0.05, 0.1) is 34.3 Å². The molecule has 0 atom stereocenters. The molecule has 0 unspecified atom stereocenters. The first-order valence-corrected chi connectivity index (χ1v) is 12.1. The summed E-state index contributed by atoms with van der Waals surface area (Å²) in [7, 11) is 0. The molecular weight excluding hydrogens is 479 g/mol. The maximum atomic E-state index is 13.5. The maximum absolute atomic E-state index is 13.5. The molecule has 0 amide bonds. The number of halogens is 1. The lowest BCUT2D eigenvalue weighted by Crippen LogP contribution is -2.15. The van der Waals surface area contributed by atoms with E-state index in [1.165, 1.54) is 12.1 Å². The van der Waals surface area contributed by atoms with Crippen LogP contribution in [0.2, 0.25) is 0 Å². The van der Waals surface area contributed by atoms with Crippen LogP contribution >= 0.6 is 0 Å². The average Bonchev–Trinajstić information content (AvgIpc) is 3.52. The van der Waals surface area contributed by atoms with Gasteiger partial charge in [-0.05, 0) is 48.5 Å². The van der Waals surface area contributed by atoms with Gasteiger partial charge in [-0.1, -0.05) is 27.4 Å². The summed E-state index contributed by atoms with van der Waals surface area (Å²) in [6, 6.07) is 13.9. The topological polar surface area (TPSA) is 108 Å². The van der Waals surface area contributed by atoms with Gasteiger partial charge in [-0.3, -0.25) is 15.1 Å². The molecule has 5 heterocycles. The predicted octanol–water partition coefficient (Wildman–Crippen LogP) is 6.74. The third-order valence-electron chi connectivity index (χ3n) is 6.39. The summed E-state index contributed by atoms with van der Waals surface area (Å²) < 4.78 is 13.5. The first-order chi connectivity index (χ1) is 18.3. The summed E-state index contributed by atoms with van der Waals surface area (Å²) in [5.41, 5.74) is 8.21. The molecule has 0 radical (unpaired) electrons. The summed E-state index contributed by atoms with van der Waals surface area (Å²) in [5, 5.41) is 10.9. The van der Waals surface area contributed by atoms with Crippen LogP contribution in [-0.4, -0.2) is 35.1 Å². The minimum absolute atomic E-state index is 0.0858. The second kappa shape index (κ2) is 8.88. The van der Waals surface area contributed by atoms with E-state index in [4.69, 9.17) is 9.97 Å². The lowest BCUT2D eigenvalue weighted by Gasteiger charge is -2.23. The molecule has 0 aliphatic carbocycles. The van der Waals surface area contributed by atoms with Gasteiger partial charge in [-0.25, -0.2) is 14.4 Å². The number of allylic oxidation sites excluding steroid dienone is 1. The Bertz CT molecular complexity index is 1810. The molecule has 188 valence electrons. The molecule has 0 saturated heterocycles. The number of H-pyrrole nitrogens is 2. The number of aromatic amines is 2. The Morgan fingerprint density at radius 1 is 0.895 bits per heavy atom. The SMILES string of the molecule is C=C(Nc1cncc(-c2ccc3[nH]nc(-c4nc5c(-c6ccc(F)cc6)nccc5[nH]4)c3n2)c1)C(C)(C)C. The highest BCUT2D eigenvalue weighted by Gasteiger charge is 2.18.